The van der Waals surface area contributed by atoms with E-state index in [0.717, 1.165) is 109 Å². The topological polar surface area (TPSA) is 155 Å². The predicted molar refractivity (Wildman–Crippen MR) is 288 cm³/mol. The van der Waals surface area contributed by atoms with Crippen molar-refractivity contribution >= 4 is 25.7 Å². The number of carbonyl (C=O) groups is 3. The molecule has 70 heavy (non-hydrogen) atoms. The van der Waals surface area contributed by atoms with Crippen LogP contribution in [-0.4, -0.2) is 66.5 Å². The Balaban J connectivity index is 4.81. The molecule has 0 aliphatic rings. The summed E-state index contributed by atoms with van der Waals surface area (Å²) in [6.07, 6.45) is 58.5. The van der Waals surface area contributed by atoms with Gasteiger partial charge in [-0.25, -0.2) is 4.57 Å². The van der Waals surface area contributed by atoms with Gasteiger partial charge in [0, 0.05) is 19.3 Å². The lowest BCUT2D eigenvalue weighted by Crippen LogP contribution is -2.30. The zero-order valence-electron chi connectivity index (χ0n) is 44.2. The lowest BCUT2D eigenvalue weighted by Gasteiger charge is -2.21. The first-order chi connectivity index (χ1) is 34.2. The number of rotatable bonds is 50. The molecule has 0 aromatic heterocycles. The lowest BCUT2D eigenvalue weighted by atomic mass is 10.0. The van der Waals surface area contributed by atoms with Crippen LogP contribution in [0.5, 0.6) is 0 Å². The van der Waals surface area contributed by atoms with E-state index in [1.807, 2.05) is 12.2 Å². The molecule has 0 aromatic carbocycles. The monoisotopic (exact) mass is 1000 g/mol. The van der Waals surface area contributed by atoms with Crippen LogP contribution in [0.25, 0.3) is 0 Å². The fourth-order valence-electron chi connectivity index (χ4n) is 7.21. The third-order valence-corrected chi connectivity index (χ3v) is 12.3. The van der Waals surface area contributed by atoms with E-state index < -0.39 is 57.8 Å². The maximum atomic E-state index is 12.9. The van der Waals surface area contributed by atoms with Crippen molar-refractivity contribution < 1.29 is 52.2 Å². The Hall–Kier alpha value is -3.34. The molecule has 0 saturated heterocycles. The summed E-state index contributed by atoms with van der Waals surface area (Å²) in [6, 6.07) is 0. The molecule has 0 rings (SSSR count). The van der Waals surface area contributed by atoms with Crippen molar-refractivity contribution in [2.75, 3.05) is 26.4 Å². The number of hydrogen-bond acceptors (Lipinski definition) is 10. The van der Waals surface area contributed by atoms with Gasteiger partial charge in [0.1, 0.15) is 12.7 Å². The SMILES string of the molecule is CC/C=C\C/C=C\C/C=C\C/C=C\CCC(=O)OCC(COP(=O)(O)OCC(CO)OC(=O)CCCCCCCCCCCCCCC)OC(=O)CCCCCCCCC/C=C\C/C=C\C/C=C\CC. The largest absolute Gasteiger partial charge is 0.472 e. The molecule has 0 aromatic rings. The highest BCUT2D eigenvalue weighted by molar-refractivity contribution is 7.47. The smallest absolute Gasteiger partial charge is 0.462 e. The fraction of sp³-hybridized carbons (Fsp3) is 0.707. The second-order valence-electron chi connectivity index (χ2n) is 18.0. The Labute approximate surface area is 426 Å². The van der Waals surface area contributed by atoms with E-state index >= 15 is 0 Å². The molecule has 3 atom stereocenters. The third kappa shape index (κ3) is 49.6. The van der Waals surface area contributed by atoms with Gasteiger partial charge in [0.2, 0.25) is 0 Å². The van der Waals surface area contributed by atoms with Gasteiger partial charge in [0.25, 0.3) is 0 Å². The van der Waals surface area contributed by atoms with Crippen molar-refractivity contribution in [3.8, 4) is 0 Å². The molecular formula is C58H99O11P. The summed E-state index contributed by atoms with van der Waals surface area (Å²) in [6.45, 7) is 4.32. The molecule has 11 nitrogen and oxygen atoms in total. The second kappa shape index (κ2) is 52.0. The zero-order valence-corrected chi connectivity index (χ0v) is 45.1. The van der Waals surface area contributed by atoms with E-state index in [1.54, 1.807) is 0 Å². The summed E-state index contributed by atoms with van der Waals surface area (Å²) in [5, 5.41) is 9.79. The minimum Gasteiger partial charge on any atom is -0.462 e. The highest BCUT2D eigenvalue weighted by Gasteiger charge is 2.28. The summed E-state index contributed by atoms with van der Waals surface area (Å²) in [7, 11) is -4.76. The van der Waals surface area contributed by atoms with Gasteiger partial charge >= 0.3 is 25.7 Å². The summed E-state index contributed by atoms with van der Waals surface area (Å²) in [5.74, 6) is -1.57. The first kappa shape index (κ1) is 66.7. The molecule has 0 aliphatic heterocycles. The number of carbonyl (C=O) groups excluding carboxylic acids is 3. The third-order valence-electron chi connectivity index (χ3n) is 11.3. The van der Waals surface area contributed by atoms with Crippen LogP contribution < -0.4 is 0 Å². The number of hydrogen-bond donors (Lipinski definition) is 2. The second-order valence-corrected chi connectivity index (χ2v) is 19.4. The number of phosphoric ester groups is 1. The molecule has 0 aliphatic carbocycles. The van der Waals surface area contributed by atoms with Crippen molar-refractivity contribution in [1.82, 2.24) is 0 Å². The number of phosphoric acid groups is 1. The molecular weight excluding hydrogens is 904 g/mol. The maximum absolute atomic E-state index is 12.9. The van der Waals surface area contributed by atoms with E-state index in [-0.39, 0.29) is 25.9 Å². The first-order valence-electron chi connectivity index (χ1n) is 27.5. The van der Waals surface area contributed by atoms with Gasteiger partial charge in [-0.05, 0) is 77.0 Å². The molecule has 0 fully saturated rings. The van der Waals surface area contributed by atoms with Crippen LogP contribution in [0, 0.1) is 0 Å². The zero-order chi connectivity index (χ0) is 51.3. The van der Waals surface area contributed by atoms with Gasteiger partial charge in [-0.15, -0.1) is 0 Å². The Kier molecular flexibility index (Phi) is 49.5. The van der Waals surface area contributed by atoms with Gasteiger partial charge in [-0.2, -0.15) is 0 Å². The molecule has 0 saturated carbocycles. The van der Waals surface area contributed by atoms with Crippen molar-refractivity contribution in [3.05, 3.63) is 85.1 Å². The number of ether oxygens (including phenoxy) is 3. The van der Waals surface area contributed by atoms with E-state index in [2.05, 4.69) is 93.7 Å². The molecule has 0 amide bonds. The highest BCUT2D eigenvalue weighted by atomic mass is 31.2. The van der Waals surface area contributed by atoms with Crippen LogP contribution in [0.15, 0.2) is 85.1 Å². The molecule has 0 spiro atoms. The lowest BCUT2D eigenvalue weighted by molar-refractivity contribution is -0.161. The van der Waals surface area contributed by atoms with Gasteiger partial charge in [0.15, 0.2) is 6.10 Å². The maximum Gasteiger partial charge on any atom is 0.472 e. The van der Waals surface area contributed by atoms with Crippen molar-refractivity contribution in [3.63, 3.8) is 0 Å². The molecule has 402 valence electrons. The average Bonchev–Trinajstić information content (AvgIpc) is 3.35. The Bertz CT molecular complexity index is 1500. The Morgan fingerprint density at radius 2 is 0.771 bits per heavy atom. The summed E-state index contributed by atoms with van der Waals surface area (Å²) in [5.41, 5.74) is 0. The number of aliphatic hydroxyl groups is 1. The Morgan fingerprint density at radius 3 is 1.20 bits per heavy atom. The molecule has 0 radical (unpaired) electrons. The van der Waals surface area contributed by atoms with Crippen molar-refractivity contribution in [2.24, 2.45) is 0 Å². The number of esters is 3. The van der Waals surface area contributed by atoms with Crippen LogP contribution in [0.3, 0.4) is 0 Å². The first-order valence-corrected chi connectivity index (χ1v) is 29.0. The minimum atomic E-state index is -4.76. The minimum absolute atomic E-state index is 0.101. The van der Waals surface area contributed by atoms with Crippen molar-refractivity contribution in [1.29, 1.82) is 0 Å². The Morgan fingerprint density at radius 1 is 0.414 bits per heavy atom. The summed E-state index contributed by atoms with van der Waals surface area (Å²) < 4.78 is 39.3. The number of allylic oxidation sites excluding steroid dienone is 14. The molecule has 12 heteroatoms. The normalized spacial score (nSPS) is 14.1. The number of unbranched alkanes of at least 4 members (excludes halogenated alkanes) is 19. The highest BCUT2D eigenvalue weighted by Crippen LogP contribution is 2.43. The van der Waals surface area contributed by atoms with Crippen LogP contribution in [0.2, 0.25) is 0 Å². The van der Waals surface area contributed by atoms with Gasteiger partial charge in [-0.1, -0.05) is 215 Å². The van der Waals surface area contributed by atoms with Crippen LogP contribution in [-0.2, 0) is 42.2 Å². The van der Waals surface area contributed by atoms with E-state index in [0.29, 0.717) is 19.3 Å². The van der Waals surface area contributed by atoms with Crippen molar-refractivity contribution in [2.45, 2.75) is 238 Å². The van der Waals surface area contributed by atoms with Gasteiger partial charge in [0.05, 0.1) is 19.8 Å². The molecule has 0 heterocycles. The van der Waals surface area contributed by atoms with Gasteiger partial charge < -0.3 is 24.2 Å². The molecule has 0 bridgehead atoms. The molecule has 3 unspecified atom stereocenters. The molecule has 2 N–H and O–H groups in total. The standard InChI is InChI=1S/C58H99O11P/c1-4-7-10-13-16-19-22-25-26-27-28-31-34-37-40-43-46-49-58(62)69-55(51-65-56(60)47-44-41-38-35-32-29-23-20-17-14-11-8-5-2)53-67-70(63,64)66-52-54(50-59)68-57(61)48-45-42-39-36-33-30-24-21-18-15-12-9-6-3/h7-8,10-11,16-17,19-20,25-26,29,32,38,41,54-55,59H,4-6,9,12-15,18,21-24,27-28,30-31,33-37,39-40,42-53H2,1-3H3,(H,63,64)/b10-7-,11-8-,19-16-,20-17-,26-25-,32-29-,41-38-. The predicted octanol–water partition coefficient (Wildman–Crippen LogP) is 15.9. The quantitative estimate of drug-likeness (QED) is 0.0197. The van der Waals surface area contributed by atoms with E-state index in [1.165, 1.54) is 57.8 Å². The van der Waals surface area contributed by atoms with Crippen LogP contribution in [0.4, 0.5) is 0 Å². The summed E-state index contributed by atoms with van der Waals surface area (Å²) in [4.78, 5) is 48.4. The van der Waals surface area contributed by atoms with Crippen LogP contribution >= 0.6 is 7.82 Å². The van der Waals surface area contributed by atoms with E-state index in [9.17, 15) is 28.9 Å². The average molecular weight is 1000 g/mol. The number of aliphatic hydroxyl groups excluding tert-OH is 1. The van der Waals surface area contributed by atoms with Gasteiger partial charge in [-0.3, -0.25) is 23.4 Å². The van der Waals surface area contributed by atoms with E-state index in [4.69, 9.17) is 23.3 Å². The summed E-state index contributed by atoms with van der Waals surface area (Å²) >= 11 is 0. The van der Waals surface area contributed by atoms with Crippen LogP contribution in [0.1, 0.15) is 226 Å². The fourth-order valence-corrected chi connectivity index (χ4v) is 7.99.